The number of aromatic nitrogens is 1. The molecule has 0 aliphatic heterocycles. The molecule has 0 saturated heterocycles. The van der Waals surface area contributed by atoms with E-state index in [1.807, 2.05) is 12.1 Å². The van der Waals surface area contributed by atoms with E-state index >= 15 is 0 Å². The first-order valence-corrected chi connectivity index (χ1v) is 8.03. The highest BCUT2D eigenvalue weighted by atomic mass is 32.1. The molecule has 6 heteroatoms. The fourth-order valence-corrected chi connectivity index (χ4v) is 3.56. The van der Waals surface area contributed by atoms with E-state index < -0.39 is 0 Å². The van der Waals surface area contributed by atoms with Gasteiger partial charge in [-0.25, -0.2) is 4.98 Å². The van der Waals surface area contributed by atoms with Crippen LogP contribution in [0.25, 0.3) is 0 Å². The van der Waals surface area contributed by atoms with Crippen molar-refractivity contribution in [1.29, 1.82) is 0 Å². The highest BCUT2D eigenvalue weighted by molar-refractivity contribution is 7.17. The van der Waals surface area contributed by atoms with E-state index in [9.17, 15) is 9.59 Å². The number of aryl methyl sites for hydroxylation is 3. The summed E-state index contributed by atoms with van der Waals surface area (Å²) in [7, 11) is 0. The maximum atomic E-state index is 12.4. The number of hydrogen-bond donors (Lipinski definition) is 2. The molecule has 0 fully saturated rings. The maximum absolute atomic E-state index is 12.4. The lowest BCUT2D eigenvalue weighted by atomic mass is 10.1. The molecule has 114 valence electrons. The zero-order valence-electron chi connectivity index (χ0n) is 12.5. The predicted molar refractivity (Wildman–Crippen MR) is 87.6 cm³/mol. The first-order valence-electron chi connectivity index (χ1n) is 7.21. The third kappa shape index (κ3) is 3.01. The third-order valence-electron chi connectivity index (χ3n) is 3.64. The number of benzene rings is 1. The van der Waals surface area contributed by atoms with Crippen molar-refractivity contribution in [2.45, 2.75) is 33.1 Å². The molecular formula is C16H17N3O2S. The summed E-state index contributed by atoms with van der Waals surface area (Å²) in [5.41, 5.74) is 4.12. The van der Waals surface area contributed by atoms with Crippen LogP contribution in [-0.2, 0) is 17.6 Å². The van der Waals surface area contributed by atoms with Crippen molar-refractivity contribution >= 4 is 34.0 Å². The van der Waals surface area contributed by atoms with Crippen molar-refractivity contribution in [2.75, 3.05) is 10.6 Å². The zero-order chi connectivity index (χ0) is 15.7. The van der Waals surface area contributed by atoms with Crippen molar-refractivity contribution in [3.63, 3.8) is 0 Å². The third-order valence-corrected chi connectivity index (χ3v) is 4.71. The van der Waals surface area contributed by atoms with Crippen molar-refractivity contribution in [3.8, 4) is 0 Å². The molecule has 1 aliphatic rings. The fraction of sp³-hybridized carbons (Fsp3) is 0.312. The topological polar surface area (TPSA) is 71.1 Å². The van der Waals surface area contributed by atoms with Gasteiger partial charge in [-0.05, 0) is 49.4 Å². The molecule has 5 nitrogen and oxygen atoms in total. The Balaban J connectivity index is 1.77. The first kappa shape index (κ1) is 14.7. The smallest absolute Gasteiger partial charge is 0.267 e. The van der Waals surface area contributed by atoms with Gasteiger partial charge in [-0.15, -0.1) is 0 Å². The van der Waals surface area contributed by atoms with E-state index in [2.05, 4.69) is 21.7 Å². The highest BCUT2D eigenvalue weighted by Gasteiger charge is 2.17. The van der Waals surface area contributed by atoms with Gasteiger partial charge >= 0.3 is 0 Å². The number of nitrogens with zero attached hydrogens (tertiary/aromatic N) is 1. The number of hydrogen-bond acceptors (Lipinski definition) is 4. The van der Waals surface area contributed by atoms with Gasteiger partial charge in [-0.3, -0.25) is 9.59 Å². The van der Waals surface area contributed by atoms with Gasteiger partial charge in [0.15, 0.2) is 5.13 Å². The molecule has 1 heterocycles. The number of anilines is 2. The Kier molecular flexibility index (Phi) is 3.94. The van der Waals surface area contributed by atoms with Crippen LogP contribution in [0.5, 0.6) is 0 Å². The highest BCUT2D eigenvalue weighted by Crippen LogP contribution is 2.27. The Bertz CT molecular complexity index is 752. The van der Waals surface area contributed by atoms with Gasteiger partial charge in [0.25, 0.3) is 5.91 Å². The molecule has 1 aromatic carbocycles. The van der Waals surface area contributed by atoms with Crippen molar-refractivity contribution < 1.29 is 9.59 Å². The summed E-state index contributed by atoms with van der Waals surface area (Å²) in [4.78, 5) is 28.2. The summed E-state index contributed by atoms with van der Waals surface area (Å²) in [5.74, 6) is -0.385. The minimum Gasteiger partial charge on any atom is -0.321 e. The molecule has 0 atom stereocenters. The number of amides is 2. The van der Waals surface area contributed by atoms with Gasteiger partial charge in [0.1, 0.15) is 4.88 Å². The van der Waals surface area contributed by atoms with E-state index in [0.29, 0.717) is 15.7 Å². The number of nitrogens with one attached hydrogen (secondary N) is 2. The normalized spacial score (nSPS) is 12.8. The number of thiazole rings is 1. The van der Waals surface area contributed by atoms with Crippen molar-refractivity contribution in [3.05, 3.63) is 39.9 Å². The molecule has 1 aromatic heterocycles. The van der Waals surface area contributed by atoms with Crippen LogP contribution < -0.4 is 10.6 Å². The number of carbonyl (C=O) groups is 2. The molecular weight excluding hydrogens is 298 g/mol. The van der Waals surface area contributed by atoms with Gasteiger partial charge < -0.3 is 10.6 Å². The summed E-state index contributed by atoms with van der Waals surface area (Å²) in [6.45, 7) is 3.18. The molecule has 0 saturated carbocycles. The largest absolute Gasteiger partial charge is 0.321 e. The summed E-state index contributed by atoms with van der Waals surface area (Å²) in [6, 6.07) is 6.07. The van der Waals surface area contributed by atoms with Crippen molar-refractivity contribution in [2.24, 2.45) is 0 Å². The van der Waals surface area contributed by atoms with E-state index in [-0.39, 0.29) is 11.8 Å². The van der Waals surface area contributed by atoms with E-state index in [0.717, 1.165) is 18.5 Å². The molecule has 0 bridgehead atoms. The Morgan fingerprint density at radius 1 is 1.18 bits per heavy atom. The van der Waals surface area contributed by atoms with Gasteiger partial charge in [-0.1, -0.05) is 17.4 Å². The van der Waals surface area contributed by atoms with Crippen LogP contribution in [0.3, 0.4) is 0 Å². The Hall–Kier alpha value is -2.21. The lowest BCUT2D eigenvalue weighted by molar-refractivity contribution is -0.114. The van der Waals surface area contributed by atoms with Gasteiger partial charge in [0, 0.05) is 12.6 Å². The summed E-state index contributed by atoms with van der Waals surface area (Å²) >= 11 is 1.19. The Morgan fingerprint density at radius 2 is 1.95 bits per heavy atom. The molecule has 22 heavy (non-hydrogen) atoms. The molecule has 1 aliphatic carbocycles. The van der Waals surface area contributed by atoms with E-state index in [1.54, 1.807) is 6.92 Å². The predicted octanol–water partition coefficient (Wildman–Crippen LogP) is 3.15. The van der Waals surface area contributed by atoms with Gasteiger partial charge in [0.05, 0.1) is 5.69 Å². The second kappa shape index (κ2) is 5.88. The second-order valence-electron chi connectivity index (χ2n) is 5.41. The minimum atomic E-state index is -0.195. The lowest BCUT2D eigenvalue weighted by Crippen LogP contribution is -2.11. The molecule has 2 amide bonds. The maximum Gasteiger partial charge on any atom is 0.267 e. The monoisotopic (exact) mass is 315 g/mol. The number of carbonyl (C=O) groups excluding carboxylic acids is 2. The fourth-order valence-electron chi connectivity index (χ4n) is 2.65. The molecule has 3 rings (SSSR count). The quantitative estimate of drug-likeness (QED) is 0.914. The van der Waals surface area contributed by atoms with Crippen LogP contribution in [0.1, 0.15) is 39.8 Å². The Labute approximate surface area is 132 Å². The number of rotatable bonds is 3. The van der Waals surface area contributed by atoms with Crippen LogP contribution >= 0.6 is 11.3 Å². The van der Waals surface area contributed by atoms with Gasteiger partial charge in [0.2, 0.25) is 5.91 Å². The molecule has 0 spiro atoms. The minimum absolute atomic E-state index is 0.190. The summed E-state index contributed by atoms with van der Waals surface area (Å²) in [6.07, 6.45) is 3.38. The molecule has 0 unspecified atom stereocenters. The van der Waals surface area contributed by atoms with E-state index in [4.69, 9.17) is 0 Å². The van der Waals surface area contributed by atoms with Crippen LogP contribution in [0.2, 0.25) is 0 Å². The zero-order valence-corrected chi connectivity index (χ0v) is 13.3. The van der Waals surface area contributed by atoms with Crippen LogP contribution in [0.4, 0.5) is 10.8 Å². The molecule has 2 aromatic rings. The average molecular weight is 315 g/mol. The average Bonchev–Trinajstić information content (AvgIpc) is 3.04. The van der Waals surface area contributed by atoms with Gasteiger partial charge in [-0.2, -0.15) is 0 Å². The number of fused-ring (bicyclic) bond motifs is 1. The second-order valence-corrected chi connectivity index (χ2v) is 6.40. The summed E-state index contributed by atoms with van der Waals surface area (Å²) in [5, 5.41) is 5.97. The van der Waals surface area contributed by atoms with Crippen LogP contribution in [0.15, 0.2) is 18.2 Å². The summed E-state index contributed by atoms with van der Waals surface area (Å²) < 4.78 is 0. The lowest BCUT2D eigenvalue weighted by Gasteiger charge is -2.06. The Morgan fingerprint density at radius 3 is 2.73 bits per heavy atom. The molecule has 2 N–H and O–H groups in total. The standard InChI is InChI=1S/C16H17N3O2S/c1-9-14(22-16(17-9)18-10(2)20)15(21)19-13-7-6-11-4-3-5-12(11)8-13/h6-8H,3-5H2,1-2H3,(H,19,21)(H,17,18,20). The SMILES string of the molecule is CC(=O)Nc1nc(C)c(C(=O)Nc2ccc3c(c2)CCC3)s1. The van der Waals surface area contributed by atoms with Crippen molar-refractivity contribution in [1.82, 2.24) is 4.98 Å². The van der Waals surface area contributed by atoms with E-state index in [1.165, 1.54) is 35.8 Å². The van der Waals surface area contributed by atoms with Crippen LogP contribution in [0, 0.1) is 6.92 Å². The van der Waals surface area contributed by atoms with Crippen LogP contribution in [-0.4, -0.2) is 16.8 Å². The first-order chi connectivity index (χ1) is 10.5. The molecule has 0 radical (unpaired) electrons.